The Morgan fingerprint density at radius 1 is 1.53 bits per heavy atom. The summed E-state index contributed by atoms with van der Waals surface area (Å²) in [4.78, 5) is 5.42. The van der Waals surface area contributed by atoms with Crippen molar-refractivity contribution in [2.24, 2.45) is 5.73 Å². The van der Waals surface area contributed by atoms with Crippen LogP contribution in [0.5, 0.6) is 0 Å². The number of halogens is 1. The van der Waals surface area contributed by atoms with E-state index in [0.717, 1.165) is 22.2 Å². The van der Waals surface area contributed by atoms with Gasteiger partial charge in [-0.05, 0) is 6.92 Å². The van der Waals surface area contributed by atoms with E-state index in [0.29, 0.717) is 11.6 Å². The summed E-state index contributed by atoms with van der Waals surface area (Å²) in [5.74, 6) is 0.745. The van der Waals surface area contributed by atoms with Crippen LogP contribution in [0.15, 0.2) is 17.8 Å². The topological polar surface area (TPSA) is 61.1 Å². The minimum Gasteiger partial charge on any atom is -0.325 e. The van der Waals surface area contributed by atoms with Gasteiger partial charge in [-0.3, -0.25) is 4.40 Å². The zero-order valence-corrected chi connectivity index (χ0v) is 10.7. The molecule has 2 N–H and O–H groups in total. The van der Waals surface area contributed by atoms with Crippen LogP contribution < -0.4 is 5.73 Å². The van der Waals surface area contributed by atoms with E-state index >= 15 is 0 Å². The van der Waals surface area contributed by atoms with Crippen LogP contribution >= 0.6 is 22.9 Å². The molecule has 0 saturated heterocycles. The molecule has 0 atom stereocenters. The maximum Gasteiger partial charge on any atom is 0.196 e. The smallest absolute Gasteiger partial charge is 0.196 e. The van der Waals surface area contributed by atoms with Crippen molar-refractivity contribution in [2.75, 3.05) is 0 Å². The maximum atomic E-state index is 6.00. The highest BCUT2D eigenvalue weighted by atomic mass is 35.5. The van der Waals surface area contributed by atoms with Crippen LogP contribution in [0.1, 0.15) is 11.4 Å². The van der Waals surface area contributed by atoms with Gasteiger partial charge in [0, 0.05) is 18.1 Å². The molecule has 3 rings (SSSR count). The van der Waals surface area contributed by atoms with Crippen molar-refractivity contribution in [1.29, 1.82) is 0 Å². The molecule has 17 heavy (non-hydrogen) atoms. The van der Waals surface area contributed by atoms with E-state index in [-0.39, 0.29) is 0 Å². The van der Waals surface area contributed by atoms with Crippen molar-refractivity contribution < 1.29 is 0 Å². The van der Waals surface area contributed by atoms with Gasteiger partial charge < -0.3 is 5.73 Å². The third-order valence-electron chi connectivity index (χ3n) is 2.59. The first-order valence-corrected chi connectivity index (χ1v) is 6.33. The molecule has 3 aromatic heterocycles. The standard InChI is InChI=1S/C10H10ClN5S/c1-6-7(11)5-16(14-6)9-8(4-12)15-2-3-17-10(15)13-9/h2-3,5H,4,12H2,1H3. The van der Waals surface area contributed by atoms with E-state index in [4.69, 9.17) is 17.3 Å². The molecular weight excluding hydrogens is 258 g/mol. The fourth-order valence-corrected chi connectivity index (χ4v) is 2.60. The van der Waals surface area contributed by atoms with Crippen LogP contribution in [0.2, 0.25) is 5.02 Å². The molecule has 7 heteroatoms. The number of nitrogens with two attached hydrogens (primary N) is 1. The summed E-state index contributed by atoms with van der Waals surface area (Å²) in [5.41, 5.74) is 7.49. The molecule has 0 fully saturated rings. The number of imidazole rings is 1. The quantitative estimate of drug-likeness (QED) is 0.773. The molecular formula is C10H10ClN5S. The molecule has 0 aliphatic carbocycles. The Labute approximate surface area is 106 Å². The second-order valence-electron chi connectivity index (χ2n) is 3.65. The molecule has 0 spiro atoms. The van der Waals surface area contributed by atoms with Gasteiger partial charge in [0.05, 0.1) is 22.6 Å². The molecule has 5 nitrogen and oxygen atoms in total. The first-order chi connectivity index (χ1) is 8.20. The lowest BCUT2D eigenvalue weighted by atomic mass is 10.4. The highest BCUT2D eigenvalue weighted by Gasteiger charge is 2.15. The van der Waals surface area contributed by atoms with E-state index in [1.165, 1.54) is 0 Å². The van der Waals surface area contributed by atoms with E-state index in [1.54, 1.807) is 22.2 Å². The third kappa shape index (κ3) is 1.56. The van der Waals surface area contributed by atoms with Crippen LogP contribution in [-0.4, -0.2) is 19.2 Å². The Morgan fingerprint density at radius 3 is 3.00 bits per heavy atom. The van der Waals surface area contributed by atoms with Gasteiger partial charge in [0.25, 0.3) is 0 Å². The molecule has 88 valence electrons. The Hall–Kier alpha value is -1.37. The summed E-state index contributed by atoms with van der Waals surface area (Å²) >= 11 is 7.57. The normalized spacial score (nSPS) is 11.5. The molecule has 0 aromatic carbocycles. The summed E-state index contributed by atoms with van der Waals surface area (Å²) in [6.45, 7) is 2.27. The predicted octanol–water partition coefficient (Wildman–Crippen LogP) is 2.00. The van der Waals surface area contributed by atoms with E-state index in [9.17, 15) is 0 Å². The van der Waals surface area contributed by atoms with Gasteiger partial charge >= 0.3 is 0 Å². The average Bonchev–Trinajstić information content (AvgIpc) is 2.93. The highest BCUT2D eigenvalue weighted by molar-refractivity contribution is 7.15. The summed E-state index contributed by atoms with van der Waals surface area (Å²) in [5, 5.41) is 6.93. The zero-order valence-electron chi connectivity index (χ0n) is 9.09. The number of hydrogen-bond donors (Lipinski definition) is 1. The number of aryl methyl sites for hydroxylation is 1. The molecule has 3 aromatic rings. The minimum absolute atomic E-state index is 0.407. The van der Waals surface area contributed by atoms with E-state index in [2.05, 4.69) is 10.1 Å². The lowest BCUT2D eigenvalue weighted by Crippen LogP contribution is -2.06. The Balaban J connectivity index is 2.25. The van der Waals surface area contributed by atoms with Gasteiger partial charge in [-0.2, -0.15) is 10.1 Å². The minimum atomic E-state index is 0.407. The van der Waals surface area contributed by atoms with Crippen molar-refractivity contribution in [1.82, 2.24) is 19.2 Å². The number of aromatic nitrogens is 4. The predicted molar refractivity (Wildman–Crippen MR) is 67.8 cm³/mol. The van der Waals surface area contributed by atoms with Crippen LogP contribution in [0.3, 0.4) is 0 Å². The average molecular weight is 268 g/mol. The second kappa shape index (κ2) is 3.83. The van der Waals surface area contributed by atoms with Crippen LogP contribution in [0, 0.1) is 6.92 Å². The Bertz CT molecular complexity index is 661. The van der Waals surface area contributed by atoms with Crippen LogP contribution in [0.25, 0.3) is 10.8 Å². The summed E-state index contributed by atoms with van der Waals surface area (Å²) < 4.78 is 3.66. The van der Waals surface area contributed by atoms with Gasteiger partial charge in [0.1, 0.15) is 0 Å². The third-order valence-corrected chi connectivity index (χ3v) is 3.72. The van der Waals surface area contributed by atoms with Crippen LogP contribution in [-0.2, 0) is 6.54 Å². The molecule has 0 aliphatic rings. The van der Waals surface area contributed by atoms with Crippen molar-refractivity contribution in [3.8, 4) is 5.82 Å². The molecule has 0 radical (unpaired) electrons. The lowest BCUT2D eigenvalue weighted by molar-refractivity contribution is 0.814. The first-order valence-electron chi connectivity index (χ1n) is 5.07. The largest absolute Gasteiger partial charge is 0.325 e. The molecule has 0 amide bonds. The number of thiazole rings is 1. The summed E-state index contributed by atoms with van der Waals surface area (Å²) in [6, 6.07) is 0. The van der Waals surface area contributed by atoms with Crippen molar-refractivity contribution in [3.63, 3.8) is 0 Å². The number of rotatable bonds is 2. The monoisotopic (exact) mass is 267 g/mol. The lowest BCUT2D eigenvalue weighted by Gasteiger charge is -2.00. The van der Waals surface area contributed by atoms with Gasteiger partial charge in [-0.1, -0.05) is 11.6 Å². The maximum absolute atomic E-state index is 6.00. The van der Waals surface area contributed by atoms with Gasteiger partial charge in [-0.15, -0.1) is 11.3 Å². The van der Waals surface area contributed by atoms with E-state index < -0.39 is 0 Å². The Morgan fingerprint density at radius 2 is 2.35 bits per heavy atom. The fourth-order valence-electron chi connectivity index (χ4n) is 1.74. The van der Waals surface area contributed by atoms with Gasteiger partial charge in [-0.25, -0.2) is 4.68 Å². The molecule has 0 unspecified atom stereocenters. The number of nitrogens with zero attached hydrogens (tertiary/aromatic N) is 4. The molecule has 0 saturated carbocycles. The Kier molecular flexibility index (Phi) is 2.43. The van der Waals surface area contributed by atoms with Gasteiger partial charge in [0.2, 0.25) is 0 Å². The molecule has 0 bridgehead atoms. The van der Waals surface area contributed by atoms with Crippen molar-refractivity contribution in [2.45, 2.75) is 13.5 Å². The van der Waals surface area contributed by atoms with Crippen molar-refractivity contribution >= 4 is 27.9 Å². The molecule has 0 aliphatic heterocycles. The first kappa shape index (κ1) is 10.8. The number of fused-ring (bicyclic) bond motifs is 1. The SMILES string of the molecule is Cc1nn(-c2nc3sccn3c2CN)cc1Cl. The van der Waals surface area contributed by atoms with E-state index in [1.807, 2.05) is 22.9 Å². The second-order valence-corrected chi connectivity index (χ2v) is 4.93. The summed E-state index contributed by atoms with van der Waals surface area (Å²) in [7, 11) is 0. The zero-order chi connectivity index (χ0) is 12.0. The highest BCUT2D eigenvalue weighted by Crippen LogP contribution is 2.22. The fraction of sp³-hybridized carbons (Fsp3) is 0.200. The summed E-state index contributed by atoms with van der Waals surface area (Å²) in [6.07, 6.45) is 3.71. The molecule has 3 heterocycles. The number of hydrogen-bond acceptors (Lipinski definition) is 4. The van der Waals surface area contributed by atoms with Crippen LogP contribution in [0.4, 0.5) is 0 Å². The van der Waals surface area contributed by atoms with Gasteiger partial charge in [0.15, 0.2) is 10.8 Å². The van der Waals surface area contributed by atoms with Crippen molar-refractivity contribution in [3.05, 3.63) is 34.2 Å².